The highest BCUT2D eigenvalue weighted by atomic mass is 16.5. The smallest absolute Gasteiger partial charge is 0.343 e. The topological polar surface area (TPSA) is 63.7 Å². The number of rotatable bonds is 4. The number of anilines is 1. The lowest BCUT2D eigenvalue weighted by Crippen LogP contribution is -2.29. The summed E-state index contributed by atoms with van der Waals surface area (Å²) >= 11 is 0. The second-order valence-electron chi connectivity index (χ2n) is 7.32. The summed E-state index contributed by atoms with van der Waals surface area (Å²) in [7, 11) is 0. The van der Waals surface area contributed by atoms with E-state index in [0.29, 0.717) is 22.6 Å². The Morgan fingerprint density at radius 1 is 0.625 bits per heavy atom. The van der Waals surface area contributed by atoms with Gasteiger partial charge in [0.1, 0.15) is 5.75 Å². The van der Waals surface area contributed by atoms with Crippen molar-refractivity contribution in [2.24, 2.45) is 0 Å². The fourth-order valence-electron chi connectivity index (χ4n) is 3.71. The molecular weight excluding hydrogens is 402 g/mol. The first kappa shape index (κ1) is 19.5. The van der Waals surface area contributed by atoms with E-state index < -0.39 is 17.8 Å². The molecule has 1 heterocycles. The van der Waals surface area contributed by atoms with Gasteiger partial charge in [-0.15, -0.1) is 0 Å². The zero-order valence-electron chi connectivity index (χ0n) is 16.9. The van der Waals surface area contributed by atoms with Crippen molar-refractivity contribution >= 4 is 23.5 Å². The van der Waals surface area contributed by atoms with Crippen molar-refractivity contribution in [1.29, 1.82) is 0 Å². The number of fused-ring (bicyclic) bond motifs is 1. The van der Waals surface area contributed by atoms with E-state index in [0.717, 1.165) is 16.0 Å². The van der Waals surface area contributed by atoms with Crippen LogP contribution in [-0.4, -0.2) is 17.8 Å². The van der Waals surface area contributed by atoms with Crippen molar-refractivity contribution in [1.82, 2.24) is 0 Å². The van der Waals surface area contributed by atoms with Crippen LogP contribution in [0.2, 0.25) is 0 Å². The van der Waals surface area contributed by atoms with E-state index in [-0.39, 0.29) is 5.56 Å². The second kappa shape index (κ2) is 7.96. The Morgan fingerprint density at radius 2 is 1.22 bits per heavy atom. The Hall–Kier alpha value is -4.51. The summed E-state index contributed by atoms with van der Waals surface area (Å²) < 4.78 is 5.50. The predicted molar refractivity (Wildman–Crippen MR) is 121 cm³/mol. The minimum absolute atomic E-state index is 0.242. The molecule has 5 heteroatoms. The molecule has 0 fully saturated rings. The second-order valence-corrected chi connectivity index (χ2v) is 7.32. The molecule has 0 saturated heterocycles. The summed E-state index contributed by atoms with van der Waals surface area (Å²) in [6.07, 6.45) is 0. The maximum absolute atomic E-state index is 12.7. The van der Waals surface area contributed by atoms with Crippen molar-refractivity contribution in [3.63, 3.8) is 0 Å². The molecule has 0 spiro atoms. The lowest BCUT2D eigenvalue weighted by Gasteiger charge is -2.15. The van der Waals surface area contributed by atoms with E-state index in [1.54, 1.807) is 54.6 Å². The molecule has 5 rings (SSSR count). The van der Waals surface area contributed by atoms with Gasteiger partial charge in [-0.25, -0.2) is 9.69 Å². The van der Waals surface area contributed by atoms with E-state index >= 15 is 0 Å². The molecular formula is C27H17NO4. The lowest BCUT2D eigenvalue weighted by molar-refractivity contribution is 0.0733. The van der Waals surface area contributed by atoms with Gasteiger partial charge >= 0.3 is 5.97 Å². The van der Waals surface area contributed by atoms with Gasteiger partial charge in [-0.3, -0.25) is 9.59 Å². The maximum Gasteiger partial charge on any atom is 0.343 e. The molecule has 4 aromatic carbocycles. The molecule has 0 bridgehead atoms. The molecule has 32 heavy (non-hydrogen) atoms. The Bertz CT molecular complexity index is 1310. The fourth-order valence-corrected chi connectivity index (χ4v) is 3.71. The first-order valence-corrected chi connectivity index (χ1v) is 10.1. The number of hydrogen-bond acceptors (Lipinski definition) is 4. The third-order valence-corrected chi connectivity index (χ3v) is 5.31. The highest BCUT2D eigenvalue weighted by Gasteiger charge is 2.36. The average Bonchev–Trinajstić information content (AvgIpc) is 3.10. The van der Waals surface area contributed by atoms with Crippen molar-refractivity contribution in [2.45, 2.75) is 0 Å². The van der Waals surface area contributed by atoms with Crippen molar-refractivity contribution in [3.8, 4) is 16.9 Å². The lowest BCUT2D eigenvalue weighted by atomic mass is 10.1. The van der Waals surface area contributed by atoms with Crippen LogP contribution in [0.5, 0.6) is 5.75 Å². The van der Waals surface area contributed by atoms with Crippen LogP contribution in [0.25, 0.3) is 11.1 Å². The molecule has 1 aliphatic heterocycles. The Balaban J connectivity index is 1.35. The van der Waals surface area contributed by atoms with Crippen molar-refractivity contribution < 1.29 is 19.1 Å². The number of nitrogens with zero attached hydrogens (tertiary/aromatic N) is 1. The van der Waals surface area contributed by atoms with Gasteiger partial charge in [-0.1, -0.05) is 60.7 Å². The van der Waals surface area contributed by atoms with Crippen molar-refractivity contribution in [2.75, 3.05) is 4.90 Å². The van der Waals surface area contributed by atoms with Crippen LogP contribution in [0, 0.1) is 0 Å². The summed E-state index contributed by atoms with van der Waals surface area (Å²) in [5, 5.41) is 0. The first-order valence-electron chi connectivity index (χ1n) is 10.1. The SMILES string of the molecule is O=C(Oc1ccc(-c2ccccc2)cc1)c1cccc(N2C(=O)c3ccccc3C2=O)c1. The molecule has 0 radical (unpaired) electrons. The third kappa shape index (κ3) is 3.46. The van der Waals surface area contributed by atoms with Crippen LogP contribution in [0.1, 0.15) is 31.1 Å². The Labute approximate surface area is 184 Å². The molecule has 0 aromatic heterocycles. The fraction of sp³-hybridized carbons (Fsp3) is 0. The number of ether oxygens (including phenoxy) is 1. The van der Waals surface area contributed by atoms with Crippen LogP contribution in [0.4, 0.5) is 5.69 Å². The van der Waals surface area contributed by atoms with E-state index in [1.807, 2.05) is 42.5 Å². The van der Waals surface area contributed by atoms with Crippen LogP contribution < -0.4 is 9.64 Å². The highest BCUT2D eigenvalue weighted by molar-refractivity contribution is 6.34. The quantitative estimate of drug-likeness (QED) is 0.253. The molecule has 2 amide bonds. The summed E-state index contributed by atoms with van der Waals surface area (Å²) in [6, 6.07) is 30.1. The number of carbonyl (C=O) groups excluding carboxylic acids is 3. The molecule has 0 saturated carbocycles. The number of hydrogen-bond donors (Lipinski definition) is 0. The Morgan fingerprint density at radius 3 is 1.88 bits per heavy atom. The van der Waals surface area contributed by atoms with E-state index in [2.05, 4.69) is 0 Å². The van der Waals surface area contributed by atoms with Crippen LogP contribution in [0.3, 0.4) is 0 Å². The third-order valence-electron chi connectivity index (χ3n) is 5.31. The van der Waals surface area contributed by atoms with E-state index in [4.69, 9.17) is 4.74 Å². The van der Waals surface area contributed by atoms with Gasteiger partial charge in [0.15, 0.2) is 0 Å². The number of esters is 1. The summed E-state index contributed by atoms with van der Waals surface area (Å²) in [4.78, 5) is 39.2. The average molecular weight is 419 g/mol. The van der Waals surface area contributed by atoms with Gasteiger partial charge in [0.25, 0.3) is 11.8 Å². The number of carbonyl (C=O) groups is 3. The van der Waals surface area contributed by atoms with Gasteiger partial charge < -0.3 is 4.74 Å². The van der Waals surface area contributed by atoms with Gasteiger partial charge in [-0.2, -0.15) is 0 Å². The molecule has 1 aliphatic rings. The summed E-state index contributed by atoms with van der Waals surface area (Å²) in [6.45, 7) is 0. The number of imide groups is 1. The normalized spacial score (nSPS) is 12.6. The van der Waals surface area contributed by atoms with Crippen LogP contribution in [0.15, 0.2) is 103 Å². The maximum atomic E-state index is 12.7. The zero-order valence-corrected chi connectivity index (χ0v) is 16.9. The van der Waals surface area contributed by atoms with Crippen LogP contribution in [-0.2, 0) is 0 Å². The van der Waals surface area contributed by atoms with Crippen molar-refractivity contribution in [3.05, 3.63) is 120 Å². The molecule has 5 nitrogen and oxygen atoms in total. The number of amides is 2. The first-order chi connectivity index (χ1) is 15.6. The van der Waals surface area contributed by atoms with Crippen LogP contribution >= 0.6 is 0 Å². The van der Waals surface area contributed by atoms with Gasteiger partial charge in [0.2, 0.25) is 0 Å². The van der Waals surface area contributed by atoms with E-state index in [9.17, 15) is 14.4 Å². The summed E-state index contributed by atoms with van der Waals surface area (Å²) in [5.74, 6) is -0.989. The highest BCUT2D eigenvalue weighted by Crippen LogP contribution is 2.29. The molecule has 4 aromatic rings. The summed E-state index contributed by atoms with van der Waals surface area (Å²) in [5.41, 5.74) is 3.35. The molecule has 0 atom stereocenters. The molecule has 0 unspecified atom stereocenters. The van der Waals surface area contributed by atoms with Gasteiger partial charge in [0, 0.05) is 0 Å². The zero-order chi connectivity index (χ0) is 22.1. The predicted octanol–water partition coefficient (Wildman–Crippen LogP) is 5.37. The monoisotopic (exact) mass is 419 g/mol. The molecule has 154 valence electrons. The standard InChI is InChI=1S/C27H17NO4/c29-25-23-11-4-5-12-24(23)26(30)28(25)21-10-6-9-20(17-21)27(31)32-22-15-13-19(14-16-22)18-7-2-1-3-8-18/h1-17H. The minimum atomic E-state index is -0.573. The number of benzene rings is 4. The minimum Gasteiger partial charge on any atom is -0.423 e. The Kier molecular flexibility index (Phi) is 4.84. The van der Waals surface area contributed by atoms with Gasteiger partial charge in [0.05, 0.1) is 22.4 Å². The molecule has 0 N–H and O–H groups in total. The largest absolute Gasteiger partial charge is 0.423 e. The van der Waals surface area contributed by atoms with E-state index in [1.165, 1.54) is 6.07 Å². The van der Waals surface area contributed by atoms with Gasteiger partial charge in [-0.05, 0) is 53.6 Å². The molecule has 0 aliphatic carbocycles.